The minimum Gasteiger partial charge on any atom is -0.491 e. The van der Waals surface area contributed by atoms with Crippen molar-refractivity contribution in [2.45, 2.75) is 91.9 Å². The number of nitrogens with one attached hydrogen (secondary N) is 3. The number of amides is 4. The van der Waals surface area contributed by atoms with Gasteiger partial charge in [0.05, 0.1) is 23.7 Å². The van der Waals surface area contributed by atoms with Crippen LogP contribution in [0, 0.1) is 17.8 Å². The van der Waals surface area contributed by atoms with E-state index in [9.17, 15) is 19.2 Å². The van der Waals surface area contributed by atoms with E-state index in [4.69, 9.17) is 9.26 Å². The molecule has 0 bridgehead atoms. The molecule has 11 nitrogen and oxygen atoms in total. The highest BCUT2D eigenvalue weighted by atomic mass is 16.5. The summed E-state index contributed by atoms with van der Waals surface area (Å²) < 4.78 is 11.3. The van der Waals surface area contributed by atoms with Crippen LogP contribution in [0.1, 0.15) is 82.4 Å². The Bertz CT molecular complexity index is 1260. The summed E-state index contributed by atoms with van der Waals surface area (Å²) in [5, 5.41) is 12.4. The topological polar surface area (TPSA) is 143 Å². The van der Waals surface area contributed by atoms with Gasteiger partial charge in [0.15, 0.2) is 0 Å². The molecular weight excluding hydrogens is 550 g/mol. The van der Waals surface area contributed by atoms with Crippen LogP contribution in [0.3, 0.4) is 0 Å². The molecule has 1 aliphatic heterocycles. The lowest BCUT2D eigenvalue weighted by Crippen LogP contribution is -2.54. The minimum atomic E-state index is -1.21. The number of hydrogen-bond donors (Lipinski definition) is 3. The summed E-state index contributed by atoms with van der Waals surface area (Å²) in [6, 6.07) is 4.45. The molecule has 4 amide bonds. The lowest BCUT2D eigenvalue weighted by atomic mass is 9.99. The lowest BCUT2D eigenvalue weighted by molar-refractivity contribution is -0.138. The number of para-hydroxylation sites is 1. The lowest BCUT2D eigenvalue weighted by Gasteiger charge is -2.33. The van der Waals surface area contributed by atoms with Crippen molar-refractivity contribution >= 4 is 23.6 Å². The van der Waals surface area contributed by atoms with Gasteiger partial charge in [-0.3, -0.25) is 19.2 Å². The zero-order chi connectivity index (χ0) is 31.7. The molecule has 1 aromatic carbocycles. The first-order valence-corrected chi connectivity index (χ1v) is 15.1. The minimum absolute atomic E-state index is 0.120. The number of fused-ring (bicyclic) bond motifs is 1. The second-order valence-corrected chi connectivity index (χ2v) is 12.6. The van der Waals surface area contributed by atoms with Crippen LogP contribution in [0.4, 0.5) is 0 Å². The maximum atomic E-state index is 13.7. The molecule has 2 heterocycles. The third kappa shape index (κ3) is 9.83. The molecule has 0 saturated heterocycles. The molecule has 0 fully saturated rings. The van der Waals surface area contributed by atoms with Gasteiger partial charge in [-0.05, 0) is 49.1 Å². The smallest absolute Gasteiger partial charge is 0.255 e. The molecule has 43 heavy (non-hydrogen) atoms. The van der Waals surface area contributed by atoms with Crippen LogP contribution in [0.15, 0.2) is 35.1 Å². The number of ether oxygens (including phenoxy) is 1. The average Bonchev–Trinajstić information content (AvgIpc) is 3.37. The molecule has 0 aliphatic carbocycles. The standard InChI is InChI=1S/C32H47N5O6/c1-19(2)12-23-18-42-28-11-9-8-10-24(28)30(39)35-26(15-29(38)34-27(14-21(5)6)32(41)37(23)7)31(40)33-16-22-17-43-36-25(22)13-20(3)4/h8-11,17,19-21,23,26-27H,12-16,18H2,1-7H3,(H,33,40)(H,34,38)(H,35,39)/t23-,26-,27+/m0/s1. The summed E-state index contributed by atoms with van der Waals surface area (Å²) in [5.41, 5.74) is 1.69. The van der Waals surface area contributed by atoms with E-state index in [0.717, 1.165) is 11.3 Å². The number of likely N-dealkylation sites (N-methyl/N-ethyl adjacent to an activating group) is 1. The van der Waals surface area contributed by atoms with Crippen LogP contribution >= 0.6 is 0 Å². The van der Waals surface area contributed by atoms with E-state index in [1.54, 1.807) is 36.2 Å². The molecule has 0 spiro atoms. The van der Waals surface area contributed by atoms with E-state index in [1.807, 2.05) is 13.8 Å². The van der Waals surface area contributed by atoms with Gasteiger partial charge in [0.2, 0.25) is 17.7 Å². The third-order valence-corrected chi connectivity index (χ3v) is 7.34. The Kier molecular flexibility index (Phi) is 12.1. The molecule has 3 N–H and O–H groups in total. The normalized spacial score (nSPS) is 20.4. The summed E-state index contributed by atoms with van der Waals surface area (Å²) >= 11 is 0. The van der Waals surface area contributed by atoms with Crippen LogP contribution in [-0.4, -0.2) is 65.5 Å². The van der Waals surface area contributed by atoms with Gasteiger partial charge >= 0.3 is 0 Å². The second-order valence-electron chi connectivity index (χ2n) is 12.6. The van der Waals surface area contributed by atoms with E-state index >= 15 is 0 Å². The van der Waals surface area contributed by atoms with E-state index in [-0.39, 0.29) is 48.9 Å². The monoisotopic (exact) mass is 597 g/mol. The predicted octanol–water partition coefficient (Wildman–Crippen LogP) is 3.47. The maximum Gasteiger partial charge on any atom is 0.255 e. The Labute approximate surface area is 254 Å². The quantitative estimate of drug-likeness (QED) is 0.402. The SMILES string of the molecule is CC(C)Cc1nocc1CNC(=O)[C@@H]1CC(=O)N[C@H](CC(C)C)C(=O)N(C)[C@@H](CC(C)C)COc2ccccc2C(=O)N1. The number of benzene rings is 1. The Morgan fingerprint density at radius 3 is 2.40 bits per heavy atom. The molecular formula is C32H47N5O6. The molecule has 3 rings (SSSR count). The highest BCUT2D eigenvalue weighted by Crippen LogP contribution is 2.22. The molecule has 3 atom stereocenters. The van der Waals surface area contributed by atoms with Crippen molar-refractivity contribution in [2.24, 2.45) is 17.8 Å². The first-order valence-electron chi connectivity index (χ1n) is 15.1. The average molecular weight is 598 g/mol. The van der Waals surface area contributed by atoms with E-state index < -0.39 is 29.8 Å². The zero-order valence-electron chi connectivity index (χ0n) is 26.4. The fourth-order valence-electron chi connectivity index (χ4n) is 5.14. The van der Waals surface area contributed by atoms with Gasteiger partial charge in [-0.25, -0.2) is 0 Å². The van der Waals surface area contributed by atoms with Crippen molar-refractivity contribution < 1.29 is 28.4 Å². The molecule has 2 aromatic rings. The second kappa shape index (κ2) is 15.5. The summed E-state index contributed by atoms with van der Waals surface area (Å²) in [7, 11) is 1.72. The largest absolute Gasteiger partial charge is 0.491 e. The number of nitrogens with zero attached hydrogens (tertiary/aromatic N) is 2. The maximum absolute atomic E-state index is 13.7. The molecule has 236 valence electrons. The van der Waals surface area contributed by atoms with Crippen LogP contribution in [0.5, 0.6) is 5.75 Å². The number of aromatic nitrogens is 1. The third-order valence-electron chi connectivity index (χ3n) is 7.34. The van der Waals surface area contributed by atoms with Gasteiger partial charge in [0.1, 0.15) is 30.7 Å². The Morgan fingerprint density at radius 1 is 1.02 bits per heavy atom. The summed E-state index contributed by atoms with van der Waals surface area (Å²) in [5.74, 6) is -0.769. The van der Waals surface area contributed by atoms with E-state index in [0.29, 0.717) is 30.9 Å². The first kappa shape index (κ1) is 33.6. The van der Waals surface area contributed by atoms with Crippen molar-refractivity contribution in [3.63, 3.8) is 0 Å². The van der Waals surface area contributed by atoms with Crippen molar-refractivity contribution in [3.05, 3.63) is 47.3 Å². The van der Waals surface area contributed by atoms with Crippen molar-refractivity contribution in [1.29, 1.82) is 0 Å². The number of carbonyl (C=O) groups is 4. The fourth-order valence-corrected chi connectivity index (χ4v) is 5.14. The van der Waals surface area contributed by atoms with Crippen LogP contribution in [0.2, 0.25) is 0 Å². The Balaban J connectivity index is 1.92. The van der Waals surface area contributed by atoms with Gasteiger partial charge in [-0.15, -0.1) is 0 Å². The van der Waals surface area contributed by atoms with Gasteiger partial charge < -0.3 is 30.1 Å². The first-order chi connectivity index (χ1) is 20.3. The summed E-state index contributed by atoms with van der Waals surface area (Å²) in [6.45, 7) is 12.5. The fraction of sp³-hybridized carbons (Fsp3) is 0.594. The van der Waals surface area contributed by atoms with Crippen LogP contribution in [-0.2, 0) is 27.3 Å². The Hall–Kier alpha value is -3.89. The summed E-state index contributed by atoms with van der Waals surface area (Å²) in [6.07, 6.45) is 2.90. The zero-order valence-corrected chi connectivity index (χ0v) is 26.4. The highest BCUT2D eigenvalue weighted by molar-refractivity contribution is 6.01. The molecule has 1 aromatic heterocycles. The summed E-state index contributed by atoms with van der Waals surface area (Å²) in [4.78, 5) is 55.7. The van der Waals surface area contributed by atoms with Gasteiger partial charge in [-0.1, -0.05) is 58.8 Å². The van der Waals surface area contributed by atoms with E-state index in [1.165, 1.54) is 6.26 Å². The van der Waals surface area contributed by atoms with Gasteiger partial charge in [0, 0.05) is 19.2 Å². The van der Waals surface area contributed by atoms with Crippen molar-refractivity contribution in [1.82, 2.24) is 26.0 Å². The van der Waals surface area contributed by atoms with Crippen LogP contribution < -0.4 is 20.7 Å². The molecule has 0 saturated carbocycles. The van der Waals surface area contributed by atoms with Crippen LogP contribution in [0.25, 0.3) is 0 Å². The number of carbonyl (C=O) groups excluding carboxylic acids is 4. The molecule has 0 radical (unpaired) electrons. The molecule has 11 heteroatoms. The van der Waals surface area contributed by atoms with Crippen molar-refractivity contribution in [2.75, 3.05) is 13.7 Å². The number of hydrogen-bond acceptors (Lipinski definition) is 7. The van der Waals surface area contributed by atoms with Gasteiger partial charge in [0.25, 0.3) is 5.91 Å². The predicted molar refractivity (Wildman–Crippen MR) is 162 cm³/mol. The Morgan fingerprint density at radius 2 is 1.72 bits per heavy atom. The van der Waals surface area contributed by atoms with Crippen molar-refractivity contribution in [3.8, 4) is 5.75 Å². The van der Waals surface area contributed by atoms with Gasteiger partial charge in [-0.2, -0.15) is 0 Å². The van der Waals surface area contributed by atoms with E-state index in [2.05, 4.69) is 48.8 Å². The number of rotatable bonds is 9. The molecule has 0 unspecified atom stereocenters. The highest BCUT2D eigenvalue weighted by Gasteiger charge is 2.33. The molecule has 1 aliphatic rings.